The lowest BCUT2D eigenvalue weighted by Gasteiger charge is -2.10. The predicted molar refractivity (Wildman–Crippen MR) is 74.1 cm³/mol. The minimum absolute atomic E-state index is 0.0798. The average Bonchev–Trinajstić information content (AvgIpc) is 2.82. The molecule has 2 rings (SSSR count). The maximum Gasteiger partial charge on any atom is 0.358 e. The highest BCUT2D eigenvalue weighted by Gasteiger charge is 2.26. The van der Waals surface area contributed by atoms with Crippen LogP contribution in [0.1, 0.15) is 35.9 Å². The van der Waals surface area contributed by atoms with Gasteiger partial charge in [-0.25, -0.2) is 9.48 Å². The normalized spacial score (nSPS) is 10.9. The zero-order valence-corrected chi connectivity index (χ0v) is 11.9. The lowest BCUT2D eigenvalue weighted by Crippen LogP contribution is -2.10. The molecule has 110 valence electrons. The molecule has 1 aromatic heterocycles. The summed E-state index contributed by atoms with van der Waals surface area (Å²) in [6.07, 6.45) is 0. The van der Waals surface area contributed by atoms with Crippen molar-refractivity contribution in [3.8, 4) is 5.69 Å². The van der Waals surface area contributed by atoms with Crippen molar-refractivity contribution in [3.05, 3.63) is 44.7 Å². The average molecular weight is 311 g/mol. The van der Waals surface area contributed by atoms with Crippen LogP contribution in [-0.4, -0.2) is 31.0 Å². The number of carboxylic acids is 1. The molecular weight excluding hydrogens is 300 g/mol. The first-order valence-corrected chi connectivity index (χ1v) is 6.34. The van der Waals surface area contributed by atoms with E-state index >= 15 is 0 Å². The molecule has 1 N–H and O–H groups in total. The molecule has 1 heterocycles. The summed E-state index contributed by atoms with van der Waals surface area (Å²) < 4.78 is 1.15. The van der Waals surface area contributed by atoms with Crippen LogP contribution in [-0.2, 0) is 0 Å². The number of hydrogen-bond donors (Lipinski definition) is 1. The monoisotopic (exact) mass is 310 g/mol. The number of carbonyl (C=O) groups is 1. The van der Waals surface area contributed by atoms with Gasteiger partial charge >= 0.3 is 5.97 Å². The number of hydrogen-bond acceptors (Lipinski definition) is 5. The lowest BCUT2D eigenvalue weighted by atomic mass is 10.1. The van der Waals surface area contributed by atoms with Crippen LogP contribution in [0, 0.1) is 10.1 Å². The van der Waals surface area contributed by atoms with Crippen molar-refractivity contribution in [2.24, 2.45) is 0 Å². The molecule has 2 aromatic rings. The number of aromatic nitrogens is 3. The minimum Gasteiger partial charge on any atom is -0.476 e. The fraction of sp³-hybridized carbons (Fsp3) is 0.250. The predicted octanol–water partition coefficient (Wildman–Crippen LogP) is 2.65. The largest absolute Gasteiger partial charge is 0.476 e. The number of benzene rings is 1. The number of carboxylic acid groups (broad SMARTS) is 1. The summed E-state index contributed by atoms with van der Waals surface area (Å²) in [4.78, 5) is 21.7. The first kappa shape index (κ1) is 14.9. The Balaban J connectivity index is 2.76. The first-order valence-electron chi connectivity index (χ1n) is 5.96. The Morgan fingerprint density at radius 1 is 1.48 bits per heavy atom. The van der Waals surface area contributed by atoms with Crippen LogP contribution in [0.4, 0.5) is 5.69 Å². The van der Waals surface area contributed by atoms with Crippen LogP contribution in [0.3, 0.4) is 0 Å². The van der Waals surface area contributed by atoms with Crippen LogP contribution in [0.2, 0.25) is 5.02 Å². The summed E-state index contributed by atoms with van der Waals surface area (Å²) in [5.74, 6) is -1.49. The van der Waals surface area contributed by atoms with E-state index in [1.165, 1.54) is 18.2 Å². The molecule has 0 aliphatic rings. The molecule has 0 fully saturated rings. The Morgan fingerprint density at radius 3 is 2.67 bits per heavy atom. The SMILES string of the molecule is CC(C)c1c(C(=O)O)nnn1-c1cc(Cl)ccc1[N+](=O)[O-]. The summed E-state index contributed by atoms with van der Waals surface area (Å²) in [6, 6.07) is 3.98. The van der Waals surface area contributed by atoms with Crippen LogP contribution >= 0.6 is 11.6 Å². The second-order valence-corrected chi connectivity index (χ2v) is 5.02. The van der Waals surface area contributed by atoms with Gasteiger partial charge in [0.25, 0.3) is 5.69 Å². The summed E-state index contributed by atoms with van der Waals surface area (Å²) in [7, 11) is 0. The van der Waals surface area contributed by atoms with Gasteiger partial charge in [0.15, 0.2) is 5.69 Å². The second kappa shape index (κ2) is 5.49. The highest BCUT2D eigenvalue weighted by molar-refractivity contribution is 6.30. The number of aromatic carboxylic acids is 1. The van der Waals surface area contributed by atoms with Crippen LogP contribution in [0.5, 0.6) is 0 Å². The van der Waals surface area contributed by atoms with Gasteiger partial charge < -0.3 is 5.11 Å². The third-order valence-electron chi connectivity index (χ3n) is 2.82. The Hall–Kier alpha value is -2.48. The van der Waals surface area contributed by atoms with E-state index in [4.69, 9.17) is 16.7 Å². The van der Waals surface area contributed by atoms with Gasteiger partial charge in [-0.2, -0.15) is 0 Å². The van der Waals surface area contributed by atoms with E-state index in [0.29, 0.717) is 0 Å². The van der Waals surface area contributed by atoms with E-state index < -0.39 is 10.9 Å². The molecular formula is C12H11ClN4O4. The Labute approximate surface area is 124 Å². The van der Waals surface area contributed by atoms with E-state index in [1.807, 2.05) is 0 Å². The molecule has 0 saturated carbocycles. The third kappa shape index (κ3) is 2.70. The van der Waals surface area contributed by atoms with Gasteiger partial charge in [-0.05, 0) is 18.1 Å². The fourth-order valence-corrected chi connectivity index (χ4v) is 2.12. The van der Waals surface area contributed by atoms with Crippen LogP contribution < -0.4 is 0 Å². The number of nitrogens with zero attached hydrogens (tertiary/aromatic N) is 4. The van der Waals surface area contributed by atoms with E-state index in [9.17, 15) is 14.9 Å². The molecule has 0 amide bonds. The molecule has 21 heavy (non-hydrogen) atoms. The zero-order chi connectivity index (χ0) is 15.7. The highest BCUT2D eigenvalue weighted by atomic mass is 35.5. The van der Waals surface area contributed by atoms with E-state index in [-0.39, 0.29) is 33.7 Å². The van der Waals surface area contributed by atoms with Crippen molar-refractivity contribution in [2.45, 2.75) is 19.8 Å². The van der Waals surface area contributed by atoms with Crippen molar-refractivity contribution in [1.29, 1.82) is 0 Å². The van der Waals surface area contributed by atoms with Crippen molar-refractivity contribution in [1.82, 2.24) is 15.0 Å². The molecule has 0 saturated heterocycles. The van der Waals surface area contributed by atoms with Gasteiger partial charge in [0.2, 0.25) is 0 Å². The van der Waals surface area contributed by atoms with Crippen molar-refractivity contribution in [2.75, 3.05) is 0 Å². The lowest BCUT2D eigenvalue weighted by molar-refractivity contribution is -0.384. The molecule has 0 radical (unpaired) electrons. The van der Waals surface area contributed by atoms with Gasteiger partial charge in [-0.3, -0.25) is 10.1 Å². The van der Waals surface area contributed by atoms with E-state index in [0.717, 1.165) is 4.68 Å². The molecule has 9 heteroatoms. The van der Waals surface area contributed by atoms with Gasteiger partial charge in [-0.15, -0.1) is 5.10 Å². The summed E-state index contributed by atoms with van der Waals surface area (Å²) in [5, 5.41) is 27.8. The molecule has 0 aliphatic carbocycles. The second-order valence-electron chi connectivity index (χ2n) is 4.59. The van der Waals surface area contributed by atoms with Crippen molar-refractivity contribution in [3.63, 3.8) is 0 Å². The maximum absolute atomic E-state index is 11.2. The maximum atomic E-state index is 11.2. The summed E-state index contributed by atoms with van der Waals surface area (Å²) in [6.45, 7) is 3.50. The molecule has 0 spiro atoms. The van der Waals surface area contributed by atoms with Crippen molar-refractivity contribution < 1.29 is 14.8 Å². The summed E-state index contributed by atoms with van der Waals surface area (Å²) in [5.41, 5.74) is -0.119. The van der Waals surface area contributed by atoms with Gasteiger partial charge in [0.05, 0.1) is 10.6 Å². The molecule has 8 nitrogen and oxygen atoms in total. The number of nitro benzene ring substituents is 1. The molecule has 1 aromatic carbocycles. The van der Waals surface area contributed by atoms with Gasteiger partial charge in [0.1, 0.15) is 5.69 Å². The Morgan fingerprint density at radius 2 is 2.14 bits per heavy atom. The minimum atomic E-state index is -1.24. The molecule has 0 aliphatic heterocycles. The smallest absolute Gasteiger partial charge is 0.358 e. The number of nitro groups is 1. The Kier molecular flexibility index (Phi) is 3.90. The summed E-state index contributed by atoms with van der Waals surface area (Å²) >= 11 is 5.87. The quantitative estimate of drug-likeness (QED) is 0.686. The zero-order valence-electron chi connectivity index (χ0n) is 11.1. The molecule has 0 atom stereocenters. The third-order valence-corrected chi connectivity index (χ3v) is 3.05. The molecule has 0 bridgehead atoms. The Bertz CT molecular complexity index is 726. The van der Waals surface area contributed by atoms with Crippen LogP contribution in [0.25, 0.3) is 5.69 Å². The number of halogens is 1. The van der Waals surface area contributed by atoms with Gasteiger partial charge in [0, 0.05) is 11.1 Å². The first-order chi connectivity index (χ1) is 9.82. The number of rotatable bonds is 4. The van der Waals surface area contributed by atoms with Gasteiger partial charge in [-0.1, -0.05) is 30.7 Å². The fourth-order valence-electron chi connectivity index (χ4n) is 1.96. The van der Waals surface area contributed by atoms with E-state index in [2.05, 4.69) is 10.3 Å². The standard InChI is InChI=1S/C12H11ClN4O4/c1-6(2)11-10(12(18)19)14-15-16(11)9-5-7(13)3-4-8(9)17(20)21/h3-6H,1-2H3,(H,18,19). The molecule has 0 unspecified atom stereocenters. The van der Waals surface area contributed by atoms with Crippen molar-refractivity contribution >= 4 is 23.3 Å². The van der Waals surface area contributed by atoms with Crippen LogP contribution in [0.15, 0.2) is 18.2 Å². The van der Waals surface area contributed by atoms with E-state index in [1.54, 1.807) is 13.8 Å². The topological polar surface area (TPSA) is 111 Å². The highest BCUT2D eigenvalue weighted by Crippen LogP contribution is 2.29.